The van der Waals surface area contributed by atoms with E-state index in [1.54, 1.807) is 30.5 Å². The Morgan fingerprint density at radius 2 is 1.97 bits per heavy atom. The number of fused-ring (bicyclic) bond motifs is 1. The quantitative estimate of drug-likeness (QED) is 0.564. The first-order chi connectivity index (χ1) is 15.1. The summed E-state index contributed by atoms with van der Waals surface area (Å²) in [6, 6.07) is 9.97. The summed E-state index contributed by atoms with van der Waals surface area (Å²) >= 11 is 0. The lowest BCUT2D eigenvalue weighted by Gasteiger charge is -2.25. The largest absolute Gasteiger partial charge is 0.489 e. The number of ether oxygens (including phenoxy) is 1. The maximum absolute atomic E-state index is 13.5. The van der Waals surface area contributed by atoms with Crippen molar-refractivity contribution >= 4 is 28.4 Å². The van der Waals surface area contributed by atoms with Gasteiger partial charge in [-0.2, -0.15) is 0 Å². The van der Waals surface area contributed by atoms with Crippen LogP contribution < -0.4 is 20.7 Å². The van der Waals surface area contributed by atoms with Gasteiger partial charge < -0.3 is 20.7 Å². The van der Waals surface area contributed by atoms with Crippen LogP contribution in [0, 0.1) is 5.82 Å². The average Bonchev–Trinajstić information content (AvgIpc) is 3.58. The fourth-order valence-corrected chi connectivity index (χ4v) is 3.67. The molecule has 31 heavy (non-hydrogen) atoms. The van der Waals surface area contributed by atoms with Crippen LogP contribution in [0.2, 0.25) is 0 Å². The van der Waals surface area contributed by atoms with Crippen molar-refractivity contribution < 1.29 is 13.9 Å². The summed E-state index contributed by atoms with van der Waals surface area (Å²) in [4.78, 5) is 21.7. The molecule has 0 radical (unpaired) electrons. The van der Waals surface area contributed by atoms with E-state index in [1.165, 1.54) is 12.1 Å². The van der Waals surface area contributed by atoms with Crippen molar-refractivity contribution in [1.82, 2.24) is 20.6 Å². The van der Waals surface area contributed by atoms with Gasteiger partial charge in [0.15, 0.2) is 0 Å². The Labute approximate surface area is 179 Å². The Bertz CT molecular complexity index is 1110. The fraction of sp³-hybridized carbons (Fsp3) is 0.348. The number of aromatic nitrogens is 2. The molecule has 2 fully saturated rings. The lowest BCUT2D eigenvalue weighted by atomic mass is 10.1. The molecule has 0 bridgehead atoms. The molecule has 8 heteroatoms. The number of anilines is 2. The molecule has 160 valence electrons. The minimum atomic E-state index is -0.338. The predicted octanol–water partition coefficient (Wildman–Crippen LogP) is 3.54. The molecule has 1 aliphatic heterocycles. The van der Waals surface area contributed by atoms with Crippen LogP contribution in [0.3, 0.4) is 0 Å². The molecule has 0 spiro atoms. The van der Waals surface area contributed by atoms with Crippen LogP contribution in [-0.4, -0.2) is 41.1 Å². The fourth-order valence-electron chi connectivity index (χ4n) is 3.67. The number of carbonyl (C=O) groups is 1. The molecule has 1 aliphatic carbocycles. The van der Waals surface area contributed by atoms with Gasteiger partial charge in [-0.3, -0.25) is 4.79 Å². The van der Waals surface area contributed by atoms with Gasteiger partial charge in [-0.15, -0.1) is 0 Å². The van der Waals surface area contributed by atoms with E-state index in [0.29, 0.717) is 28.5 Å². The zero-order valence-electron chi connectivity index (χ0n) is 17.0. The van der Waals surface area contributed by atoms with Crippen molar-refractivity contribution in [3.8, 4) is 5.75 Å². The smallest absolute Gasteiger partial charge is 0.255 e. The van der Waals surface area contributed by atoms with Gasteiger partial charge in [-0.1, -0.05) is 6.07 Å². The number of amides is 1. The first-order valence-electron chi connectivity index (χ1n) is 10.7. The Kier molecular flexibility index (Phi) is 5.38. The summed E-state index contributed by atoms with van der Waals surface area (Å²) in [5.41, 5.74) is 1.72. The molecule has 0 unspecified atom stereocenters. The van der Waals surface area contributed by atoms with E-state index < -0.39 is 0 Å². The number of nitrogens with one attached hydrogen (secondary N) is 3. The van der Waals surface area contributed by atoms with Gasteiger partial charge in [-0.05, 0) is 63.0 Å². The van der Waals surface area contributed by atoms with Gasteiger partial charge in [-0.25, -0.2) is 14.4 Å². The highest BCUT2D eigenvalue weighted by atomic mass is 19.1. The number of piperidine rings is 1. The van der Waals surface area contributed by atoms with E-state index in [9.17, 15) is 9.18 Å². The highest BCUT2D eigenvalue weighted by Crippen LogP contribution is 2.29. The number of halogens is 1. The summed E-state index contributed by atoms with van der Waals surface area (Å²) in [5.74, 6) is 0.416. The van der Waals surface area contributed by atoms with E-state index in [-0.39, 0.29) is 23.9 Å². The van der Waals surface area contributed by atoms with Gasteiger partial charge >= 0.3 is 0 Å². The predicted molar refractivity (Wildman–Crippen MR) is 116 cm³/mol. The summed E-state index contributed by atoms with van der Waals surface area (Å²) in [5, 5.41) is 10.1. The normalized spacial score (nSPS) is 16.8. The number of benzene rings is 2. The number of nitrogens with zero attached hydrogens (tertiary/aromatic N) is 2. The molecule has 7 nitrogen and oxygen atoms in total. The Hall–Kier alpha value is -3.26. The summed E-state index contributed by atoms with van der Waals surface area (Å²) in [6.07, 6.45) is 5.52. The molecule has 3 N–H and O–H groups in total. The van der Waals surface area contributed by atoms with Crippen molar-refractivity contribution in [1.29, 1.82) is 0 Å². The van der Waals surface area contributed by atoms with E-state index >= 15 is 0 Å². The Morgan fingerprint density at radius 1 is 1.13 bits per heavy atom. The van der Waals surface area contributed by atoms with Gasteiger partial charge in [0.25, 0.3) is 5.91 Å². The number of hydrogen-bond donors (Lipinski definition) is 3. The SMILES string of the molecule is O=C(NC1CC1)c1cc2cnc(Nc3cccc(F)c3)nc2cc1OC1CCNCC1. The molecular weight excluding hydrogens is 397 g/mol. The zero-order valence-corrected chi connectivity index (χ0v) is 17.0. The monoisotopic (exact) mass is 421 g/mol. The van der Waals surface area contributed by atoms with Crippen molar-refractivity contribution in [2.45, 2.75) is 37.8 Å². The van der Waals surface area contributed by atoms with Gasteiger partial charge in [0.1, 0.15) is 17.7 Å². The van der Waals surface area contributed by atoms with Crippen molar-refractivity contribution in [2.24, 2.45) is 0 Å². The molecule has 2 aromatic carbocycles. The summed E-state index contributed by atoms with van der Waals surface area (Å²) in [7, 11) is 0. The minimum absolute atomic E-state index is 0.0536. The first-order valence-corrected chi connectivity index (χ1v) is 10.7. The summed E-state index contributed by atoms with van der Waals surface area (Å²) < 4.78 is 19.7. The van der Waals surface area contributed by atoms with Gasteiger partial charge in [0.2, 0.25) is 5.95 Å². The van der Waals surface area contributed by atoms with Crippen LogP contribution in [0.15, 0.2) is 42.6 Å². The van der Waals surface area contributed by atoms with Crippen LogP contribution >= 0.6 is 0 Å². The van der Waals surface area contributed by atoms with Crippen LogP contribution in [0.1, 0.15) is 36.0 Å². The van der Waals surface area contributed by atoms with E-state index in [1.807, 2.05) is 0 Å². The molecule has 1 saturated carbocycles. The average molecular weight is 421 g/mol. The van der Waals surface area contributed by atoms with Gasteiger partial charge in [0.05, 0.1) is 11.1 Å². The first kappa shape index (κ1) is 19.7. The second-order valence-electron chi connectivity index (χ2n) is 8.05. The topological polar surface area (TPSA) is 88.2 Å². The molecule has 0 atom stereocenters. The lowest BCUT2D eigenvalue weighted by Crippen LogP contribution is -2.34. The van der Waals surface area contributed by atoms with Crippen molar-refractivity contribution in [3.05, 3.63) is 54.0 Å². The molecule has 2 heterocycles. The lowest BCUT2D eigenvalue weighted by molar-refractivity contribution is 0.0940. The molecule has 1 aromatic heterocycles. The number of rotatable bonds is 6. The van der Waals surface area contributed by atoms with E-state index in [4.69, 9.17) is 4.74 Å². The molecule has 3 aromatic rings. The van der Waals surface area contributed by atoms with Crippen LogP contribution in [0.25, 0.3) is 10.9 Å². The third-order valence-electron chi connectivity index (χ3n) is 5.50. The minimum Gasteiger partial charge on any atom is -0.489 e. The third-order valence-corrected chi connectivity index (χ3v) is 5.50. The molecule has 1 amide bonds. The summed E-state index contributed by atoms with van der Waals surface area (Å²) in [6.45, 7) is 1.79. The van der Waals surface area contributed by atoms with Crippen molar-refractivity contribution in [3.63, 3.8) is 0 Å². The molecule has 2 aliphatic rings. The highest BCUT2D eigenvalue weighted by molar-refractivity contribution is 6.01. The Balaban J connectivity index is 1.47. The van der Waals surface area contributed by atoms with Crippen molar-refractivity contribution in [2.75, 3.05) is 18.4 Å². The number of hydrogen-bond acceptors (Lipinski definition) is 6. The van der Waals surface area contributed by atoms with Gasteiger partial charge in [0, 0.05) is 29.4 Å². The maximum atomic E-state index is 13.5. The van der Waals surface area contributed by atoms with Crippen LogP contribution in [-0.2, 0) is 0 Å². The standard InChI is InChI=1S/C23H24FN5O2/c24-15-2-1-3-17(11-15)28-23-26-13-14-10-19(22(30)27-16-4-5-16)21(12-20(14)29-23)31-18-6-8-25-9-7-18/h1-3,10-13,16,18,25H,4-9H2,(H,27,30)(H,26,28,29). The second kappa shape index (κ2) is 8.47. The number of carbonyl (C=O) groups excluding carboxylic acids is 1. The molecule has 1 saturated heterocycles. The molecular formula is C23H24FN5O2. The maximum Gasteiger partial charge on any atom is 0.255 e. The zero-order chi connectivity index (χ0) is 21.2. The molecule has 5 rings (SSSR count). The van der Waals surface area contributed by atoms with E-state index in [0.717, 1.165) is 44.2 Å². The second-order valence-corrected chi connectivity index (χ2v) is 8.05. The highest BCUT2D eigenvalue weighted by Gasteiger charge is 2.26. The Morgan fingerprint density at radius 3 is 2.74 bits per heavy atom. The van der Waals surface area contributed by atoms with Crippen LogP contribution in [0.4, 0.5) is 16.0 Å². The van der Waals surface area contributed by atoms with E-state index in [2.05, 4.69) is 25.9 Å². The van der Waals surface area contributed by atoms with Crippen LogP contribution in [0.5, 0.6) is 5.75 Å². The third kappa shape index (κ3) is 4.74.